The minimum atomic E-state index is -1.03. The van der Waals surface area contributed by atoms with E-state index < -0.39 is 17.7 Å². The number of nitrogens with zero attached hydrogens (tertiary/aromatic N) is 5. The van der Waals surface area contributed by atoms with Crippen molar-refractivity contribution in [2.45, 2.75) is 99.0 Å². The predicted molar refractivity (Wildman–Crippen MR) is 204 cm³/mol. The van der Waals surface area contributed by atoms with Crippen LogP contribution in [-0.2, 0) is 27.2 Å². The fourth-order valence-corrected chi connectivity index (χ4v) is 7.57. The molecule has 0 bridgehead atoms. The number of hydrogen-bond donors (Lipinski definition) is 0. The zero-order chi connectivity index (χ0) is 36.9. The van der Waals surface area contributed by atoms with Crippen molar-refractivity contribution in [2.24, 2.45) is 5.41 Å². The van der Waals surface area contributed by atoms with E-state index in [0.717, 1.165) is 84.3 Å². The van der Waals surface area contributed by atoms with Gasteiger partial charge in [0.25, 0.3) is 0 Å². The van der Waals surface area contributed by atoms with Gasteiger partial charge < -0.3 is 23.7 Å². The smallest absolute Gasteiger partial charge is 0.340 e. The van der Waals surface area contributed by atoms with Gasteiger partial charge in [-0.3, -0.25) is 4.79 Å². The van der Waals surface area contributed by atoms with Crippen LogP contribution in [0, 0.1) is 12.3 Å². The van der Waals surface area contributed by atoms with Gasteiger partial charge in [-0.1, -0.05) is 44.2 Å². The van der Waals surface area contributed by atoms with Crippen molar-refractivity contribution in [3.63, 3.8) is 0 Å². The molecule has 1 saturated heterocycles. The molecule has 2 aromatic carbocycles. The second kappa shape index (κ2) is 13.6. The van der Waals surface area contributed by atoms with Gasteiger partial charge in [-0.25, -0.2) is 19.7 Å². The van der Waals surface area contributed by atoms with E-state index in [4.69, 9.17) is 18.9 Å². The number of rotatable bonds is 8. The molecule has 0 unspecified atom stereocenters. The Morgan fingerprint density at radius 3 is 2.46 bits per heavy atom. The van der Waals surface area contributed by atoms with Gasteiger partial charge in [0.15, 0.2) is 23.8 Å². The molecular weight excluding hydrogens is 654 g/mol. The Hall–Kier alpha value is -4.83. The number of furan rings is 1. The molecule has 2 aliphatic heterocycles. The number of aromatic nitrogens is 3. The van der Waals surface area contributed by atoms with Gasteiger partial charge >= 0.3 is 5.97 Å². The molecule has 1 fully saturated rings. The molecule has 7 rings (SSSR count). The van der Waals surface area contributed by atoms with E-state index in [0.29, 0.717) is 29.1 Å². The van der Waals surface area contributed by atoms with Gasteiger partial charge in [-0.2, -0.15) is 0 Å². The van der Waals surface area contributed by atoms with Crippen LogP contribution in [0.4, 0.5) is 11.5 Å². The highest BCUT2D eigenvalue weighted by molar-refractivity contribution is 6.05. The van der Waals surface area contributed by atoms with Gasteiger partial charge in [-0.05, 0) is 95.0 Å². The van der Waals surface area contributed by atoms with E-state index in [-0.39, 0.29) is 11.5 Å². The number of hydrogen-bond acceptors (Lipinski definition) is 10. The average molecular weight is 704 g/mol. The zero-order valence-electron chi connectivity index (χ0n) is 31.6. The van der Waals surface area contributed by atoms with Crippen LogP contribution in [0.25, 0.3) is 33.2 Å². The number of anilines is 2. The second-order valence-electron chi connectivity index (χ2n) is 16.2. The van der Waals surface area contributed by atoms with E-state index in [2.05, 4.69) is 51.8 Å². The third-order valence-electron chi connectivity index (χ3n) is 10.2. The predicted octanol–water partition coefficient (Wildman–Crippen LogP) is 8.56. The average Bonchev–Trinajstić information content (AvgIpc) is 3.48. The van der Waals surface area contributed by atoms with Crippen molar-refractivity contribution in [1.82, 2.24) is 15.0 Å². The van der Waals surface area contributed by atoms with Crippen LogP contribution >= 0.6 is 0 Å². The number of para-hydroxylation sites is 1. The summed E-state index contributed by atoms with van der Waals surface area (Å²) in [6, 6.07) is 14.3. The number of carbonyl (C=O) groups excluding carboxylic acids is 2. The molecule has 10 nitrogen and oxygen atoms in total. The maximum atomic E-state index is 13.9. The minimum Gasteiger partial charge on any atom is -0.461 e. The van der Waals surface area contributed by atoms with Gasteiger partial charge in [-0.15, -0.1) is 0 Å². The normalized spacial score (nSPS) is 16.7. The summed E-state index contributed by atoms with van der Waals surface area (Å²) in [6.07, 6.45) is 3.78. The molecular formula is C42H49N5O5. The number of benzene rings is 2. The molecule has 1 atom stereocenters. The molecule has 0 aliphatic carbocycles. The Morgan fingerprint density at radius 2 is 1.75 bits per heavy atom. The SMILES string of the molecule is Cc1nc(C=O)c(-c2ccc3c(c2)CCN(c2ncnc4c2oc2ccccc24)C3)c(N2CCC(C)(C)CC2)c1[C@H](OC(C)(C)C)C(=O)OC(C)C. The highest BCUT2D eigenvalue weighted by Gasteiger charge is 2.38. The maximum Gasteiger partial charge on any atom is 0.340 e. The lowest BCUT2D eigenvalue weighted by Crippen LogP contribution is -2.39. The maximum absolute atomic E-state index is 13.9. The largest absolute Gasteiger partial charge is 0.461 e. The van der Waals surface area contributed by atoms with Crippen LogP contribution in [0.3, 0.4) is 0 Å². The number of pyridine rings is 1. The summed E-state index contributed by atoms with van der Waals surface area (Å²) in [5.74, 6) is 0.312. The quantitative estimate of drug-likeness (QED) is 0.115. The van der Waals surface area contributed by atoms with Crippen LogP contribution in [0.2, 0.25) is 0 Å². The Morgan fingerprint density at radius 1 is 1.00 bits per heavy atom. The standard InChI is InChI=1S/C42H49N5O5/c1-25(2)50-40(49)37(52-41(4,5)6)33-26(3)45-31(23-48)34(36(33)46-19-16-42(7,8)17-20-46)28-13-14-29-22-47(18-15-27(29)21-28)39-38-35(43-24-44-39)30-11-9-10-12-32(30)51-38/h9-14,21,23-25,37H,15-20,22H2,1-8H3/t37-/m0/s1. The first-order valence-corrected chi connectivity index (χ1v) is 18.4. The number of aryl methyl sites for hydroxylation is 1. The highest BCUT2D eigenvalue weighted by atomic mass is 16.6. The van der Waals surface area contributed by atoms with E-state index in [9.17, 15) is 9.59 Å². The van der Waals surface area contributed by atoms with Gasteiger partial charge in [0, 0.05) is 48.4 Å². The molecule has 3 aromatic heterocycles. The summed E-state index contributed by atoms with van der Waals surface area (Å²) in [5.41, 5.74) is 8.18. The second-order valence-corrected chi connectivity index (χ2v) is 16.2. The Kier molecular flexibility index (Phi) is 9.31. The van der Waals surface area contributed by atoms with Crippen LogP contribution in [0.15, 0.2) is 53.2 Å². The van der Waals surface area contributed by atoms with Crippen LogP contribution < -0.4 is 9.80 Å². The third-order valence-corrected chi connectivity index (χ3v) is 10.2. The summed E-state index contributed by atoms with van der Waals surface area (Å²) < 4.78 is 18.6. The number of aldehydes is 1. The molecule has 0 amide bonds. The lowest BCUT2D eigenvalue weighted by molar-refractivity contribution is -0.171. The molecule has 0 N–H and O–H groups in total. The van der Waals surface area contributed by atoms with Crippen molar-refractivity contribution >= 4 is 45.8 Å². The van der Waals surface area contributed by atoms with Crippen LogP contribution in [0.1, 0.15) is 100 Å². The molecule has 272 valence electrons. The Balaban J connectivity index is 1.34. The Bertz CT molecular complexity index is 2150. The van der Waals surface area contributed by atoms with E-state index in [1.54, 1.807) is 6.33 Å². The number of fused-ring (bicyclic) bond motifs is 4. The van der Waals surface area contributed by atoms with Crippen molar-refractivity contribution in [3.8, 4) is 11.1 Å². The van der Waals surface area contributed by atoms with E-state index in [1.165, 1.54) is 11.1 Å². The Labute approximate surface area is 305 Å². The van der Waals surface area contributed by atoms with Crippen molar-refractivity contribution in [1.29, 1.82) is 0 Å². The van der Waals surface area contributed by atoms with Crippen LogP contribution in [0.5, 0.6) is 0 Å². The van der Waals surface area contributed by atoms with E-state index in [1.807, 2.05) is 65.8 Å². The minimum absolute atomic E-state index is 0.180. The number of carbonyl (C=O) groups is 2. The molecule has 10 heteroatoms. The summed E-state index contributed by atoms with van der Waals surface area (Å²) >= 11 is 0. The van der Waals surface area contributed by atoms with Crippen LogP contribution in [-0.4, -0.2) is 58.5 Å². The molecule has 52 heavy (non-hydrogen) atoms. The molecule has 0 spiro atoms. The zero-order valence-corrected chi connectivity index (χ0v) is 31.6. The van der Waals surface area contributed by atoms with Gasteiger partial charge in [0.2, 0.25) is 0 Å². The highest BCUT2D eigenvalue weighted by Crippen LogP contribution is 2.46. The van der Waals surface area contributed by atoms with Crippen molar-refractivity contribution in [2.75, 3.05) is 29.4 Å². The molecule has 0 radical (unpaired) electrons. The van der Waals surface area contributed by atoms with E-state index >= 15 is 0 Å². The monoisotopic (exact) mass is 703 g/mol. The first kappa shape index (κ1) is 35.6. The number of ether oxygens (including phenoxy) is 2. The fraction of sp³-hybridized carbons (Fsp3) is 0.452. The molecule has 2 aliphatic rings. The summed E-state index contributed by atoms with van der Waals surface area (Å²) in [7, 11) is 0. The van der Waals surface area contributed by atoms with Gasteiger partial charge in [0.1, 0.15) is 23.1 Å². The third kappa shape index (κ3) is 6.88. The number of piperidine rings is 1. The lowest BCUT2D eigenvalue weighted by Gasteiger charge is -2.41. The fourth-order valence-electron chi connectivity index (χ4n) is 7.57. The molecule has 0 saturated carbocycles. The van der Waals surface area contributed by atoms with Crippen molar-refractivity contribution < 1.29 is 23.5 Å². The summed E-state index contributed by atoms with van der Waals surface area (Å²) in [4.78, 5) is 45.5. The lowest BCUT2D eigenvalue weighted by atomic mass is 9.81. The topological polar surface area (TPSA) is 111 Å². The van der Waals surface area contributed by atoms with Gasteiger partial charge in [0.05, 0.1) is 17.4 Å². The summed E-state index contributed by atoms with van der Waals surface area (Å²) in [5, 5.41) is 0.973. The molecule has 5 aromatic rings. The summed E-state index contributed by atoms with van der Waals surface area (Å²) in [6.45, 7) is 18.8. The first-order chi connectivity index (χ1) is 24.7. The first-order valence-electron chi connectivity index (χ1n) is 18.4. The molecule has 5 heterocycles. The van der Waals surface area contributed by atoms with Crippen molar-refractivity contribution in [3.05, 3.63) is 76.9 Å². The number of esters is 1.